The lowest BCUT2D eigenvalue weighted by atomic mass is 9.88. The first-order valence-corrected chi connectivity index (χ1v) is 4.56. The van der Waals surface area contributed by atoms with Gasteiger partial charge in [-0.05, 0) is 25.2 Å². The van der Waals surface area contributed by atoms with Gasteiger partial charge in [0.05, 0.1) is 0 Å². The second-order valence-corrected chi connectivity index (χ2v) is 4.97. The highest BCUT2D eigenvalue weighted by atomic mass is 16.1. The zero-order valence-electron chi connectivity index (χ0n) is 8.48. The molecule has 0 unspecified atom stereocenters. The van der Waals surface area contributed by atoms with Gasteiger partial charge in [0.25, 0.3) is 0 Å². The fourth-order valence-electron chi connectivity index (χ4n) is 1.53. The molecule has 0 atom stereocenters. The molecule has 1 nitrogen and oxygen atoms in total. The van der Waals surface area contributed by atoms with E-state index in [0.29, 0.717) is 0 Å². The summed E-state index contributed by atoms with van der Waals surface area (Å²) in [7, 11) is 0. The smallest absolute Gasteiger partial charge is 0.130 e. The number of carbonyl (C=O) groups is 1. The monoisotopic (exact) mass is 166 g/mol. The zero-order valence-corrected chi connectivity index (χ0v) is 8.48. The molecule has 68 valence electrons. The maximum absolute atomic E-state index is 10.8. The number of aldehydes is 1. The quantitative estimate of drug-likeness (QED) is 0.455. The molecule has 0 radical (unpaired) electrons. The first kappa shape index (κ1) is 9.50. The van der Waals surface area contributed by atoms with Crippen LogP contribution in [0.1, 0.15) is 40.5 Å². The van der Waals surface area contributed by atoms with E-state index in [1.54, 1.807) is 0 Å². The van der Waals surface area contributed by atoms with Gasteiger partial charge in [0.1, 0.15) is 6.29 Å². The highest BCUT2D eigenvalue weighted by molar-refractivity contribution is 5.69. The predicted molar refractivity (Wildman–Crippen MR) is 50.9 cm³/mol. The Morgan fingerprint density at radius 3 is 2.08 bits per heavy atom. The van der Waals surface area contributed by atoms with E-state index in [-0.39, 0.29) is 10.8 Å². The van der Waals surface area contributed by atoms with Crippen LogP contribution in [-0.2, 0) is 4.79 Å². The molecule has 0 amide bonds. The van der Waals surface area contributed by atoms with Gasteiger partial charge in [-0.1, -0.05) is 32.4 Å². The van der Waals surface area contributed by atoms with Crippen LogP contribution < -0.4 is 0 Å². The van der Waals surface area contributed by atoms with Gasteiger partial charge >= 0.3 is 0 Å². The molecular weight excluding hydrogens is 148 g/mol. The molecular formula is C11H18O. The van der Waals surface area contributed by atoms with Crippen molar-refractivity contribution in [2.75, 3.05) is 0 Å². The van der Waals surface area contributed by atoms with Gasteiger partial charge in [-0.25, -0.2) is 0 Å². The van der Waals surface area contributed by atoms with Crippen LogP contribution in [0.3, 0.4) is 0 Å². The predicted octanol–water partition coefficient (Wildman–Crippen LogP) is 2.96. The molecule has 1 rings (SSSR count). The van der Waals surface area contributed by atoms with Gasteiger partial charge in [0, 0.05) is 5.41 Å². The first-order valence-electron chi connectivity index (χ1n) is 4.56. The van der Waals surface area contributed by atoms with Crippen LogP contribution in [0, 0.1) is 10.8 Å². The van der Waals surface area contributed by atoms with Gasteiger partial charge in [-0.2, -0.15) is 0 Å². The van der Waals surface area contributed by atoms with Crippen molar-refractivity contribution in [1.82, 2.24) is 0 Å². The van der Waals surface area contributed by atoms with Crippen LogP contribution in [0.15, 0.2) is 11.6 Å². The normalized spacial score (nSPS) is 22.2. The summed E-state index contributed by atoms with van der Waals surface area (Å²) in [6.07, 6.45) is 5.43. The molecule has 1 fully saturated rings. The van der Waals surface area contributed by atoms with E-state index in [0.717, 1.165) is 19.1 Å². The summed E-state index contributed by atoms with van der Waals surface area (Å²) in [5.41, 5.74) is 1.39. The van der Waals surface area contributed by atoms with Gasteiger partial charge in [0.2, 0.25) is 0 Å². The maximum Gasteiger partial charge on any atom is 0.130 e. The molecule has 0 aliphatic heterocycles. The number of hydrogen-bond acceptors (Lipinski definition) is 1. The minimum Gasteiger partial charge on any atom is -0.302 e. The standard InChI is InChI=1S/C11H18O/c1-9(7-10(2,3)4)11(8-12)5-6-11/h7-8H,5-6H2,1-4H3/b9-7+. The SMILES string of the molecule is C/C(=C\C(C)(C)C)C1(C=O)CC1. The van der Waals surface area contributed by atoms with Crippen LogP contribution in [0.2, 0.25) is 0 Å². The average molecular weight is 166 g/mol. The number of rotatable bonds is 2. The Morgan fingerprint density at radius 2 is 1.83 bits per heavy atom. The van der Waals surface area contributed by atoms with E-state index in [9.17, 15) is 4.79 Å². The van der Waals surface area contributed by atoms with Crippen molar-refractivity contribution in [3.63, 3.8) is 0 Å². The third-order valence-corrected chi connectivity index (χ3v) is 2.45. The molecule has 0 aromatic heterocycles. The summed E-state index contributed by atoms with van der Waals surface area (Å²) in [4.78, 5) is 10.8. The van der Waals surface area contributed by atoms with Crippen LogP contribution in [0.25, 0.3) is 0 Å². The Hall–Kier alpha value is -0.590. The summed E-state index contributed by atoms with van der Waals surface area (Å²) in [6, 6.07) is 0. The van der Waals surface area contributed by atoms with Gasteiger partial charge < -0.3 is 4.79 Å². The zero-order chi connectivity index (χ0) is 9.41. The van der Waals surface area contributed by atoms with Gasteiger partial charge in [0.15, 0.2) is 0 Å². The first-order chi connectivity index (χ1) is 5.40. The lowest BCUT2D eigenvalue weighted by Gasteiger charge is -2.17. The molecule has 0 saturated heterocycles. The molecule has 0 aromatic carbocycles. The Labute approximate surface area is 74.9 Å². The molecule has 1 aliphatic rings. The lowest BCUT2D eigenvalue weighted by Crippen LogP contribution is -2.08. The minimum absolute atomic E-state index is 0.0622. The number of carbonyl (C=O) groups excluding carboxylic acids is 1. The Balaban J connectivity index is 2.77. The molecule has 1 aliphatic carbocycles. The summed E-state index contributed by atoms with van der Waals surface area (Å²) in [6.45, 7) is 8.57. The fraction of sp³-hybridized carbons (Fsp3) is 0.727. The summed E-state index contributed by atoms with van der Waals surface area (Å²) in [5.74, 6) is 0. The topological polar surface area (TPSA) is 17.1 Å². The summed E-state index contributed by atoms with van der Waals surface area (Å²) in [5, 5.41) is 0. The van der Waals surface area contributed by atoms with E-state index < -0.39 is 0 Å². The molecule has 0 heterocycles. The Kier molecular flexibility index (Phi) is 2.15. The minimum atomic E-state index is -0.0622. The Bertz CT molecular complexity index is 214. The van der Waals surface area contributed by atoms with Crippen LogP contribution >= 0.6 is 0 Å². The molecule has 0 N–H and O–H groups in total. The van der Waals surface area contributed by atoms with Crippen molar-refractivity contribution in [2.45, 2.75) is 40.5 Å². The number of allylic oxidation sites excluding steroid dienone is 2. The number of hydrogen-bond donors (Lipinski definition) is 0. The second-order valence-electron chi connectivity index (χ2n) is 4.97. The van der Waals surface area contributed by atoms with E-state index in [4.69, 9.17) is 0 Å². The molecule has 0 bridgehead atoms. The summed E-state index contributed by atoms with van der Waals surface area (Å²) >= 11 is 0. The highest BCUT2D eigenvalue weighted by Gasteiger charge is 2.44. The Morgan fingerprint density at radius 1 is 1.33 bits per heavy atom. The second kappa shape index (κ2) is 2.72. The van der Waals surface area contributed by atoms with E-state index in [1.165, 1.54) is 5.57 Å². The maximum atomic E-state index is 10.8. The van der Waals surface area contributed by atoms with Crippen molar-refractivity contribution in [3.05, 3.63) is 11.6 Å². The van der Waals surface area contributed by atoms with Crippen molar-refractivity contribution >= 4 is 6.29 Å². The summed E-state index contributed by atoms with van der Waals surface area (Å²) < 4.78 is 0. The van der Waals surface area contributed by atoms with E-state index in [1.807, 2.05) is 0 Å². The molecule has 0 spiro atoms. The van der Waals surface area contributed by atoms with Crippen LogP contribution in [0.5, 0.6) is 0 Å². The molecule has 1 saturated carbocycles. The highest BCUT2D eigenvalue weighted by Crippen LogP contribution is 2.50. The largest absolute Gasteiger partial charge is 0.302 e. The van der Waals surface area contributed by atoms with Crippen molar-refractivity contribution in [1.29, 1.82) is 0 Å². The average Bonchev–Trinajstić information content (AvgIpc) is 2.62. The van der Waals surface area contributed by atoms with E-state index >= 15 is 0 Å². The van der Waals surface area contributed by atoms with E-state index in [2.05, 4.69) is 33.8 Å². The third kappa shape index (κ3) is 1.96. The van der Waals surface area contributed by atoms with Crippen LogP contribution in [0.4, 0.5) is 0 Å². The molecule has 12 heavy (non-hydrogen) atoms. The van der Waals surface area contributed by atoms with Gasteiger partial charge in [-0.15, -0.1) is 0 Å². The fourth-order valence-corrected chi connectivity index (χ4v) is 1.53. The van der Waals surface area contributed by atoms with Crippen molar-refractivity contribution in [3.8, 4) is 0 Å². The van der Waals surface area contributed by atoms with Gasteiger partial charge in [-0.3, -0.25) is 0 Å². The van der Waals surface area contributed by atoms with Crippen molar-refractivity contribution in [2.24, 2.45) is 10.8 Å². The third-order valence-electron chi connectivity index (χ3n) is 2.45. The van der Waals surface area contributed by atoms with Crippen LogP contribution in [-0.4, -0.2) is 6.29 Å². The lowest BCUT2D eigenvalue weighted by molar-refractivity contribution is -0.111. The molecule has 1 heteroatoms. The van der Waals surface area contributed by atoms with Crippen molar-refractivity contribution < 1.29 is 4.79 Å². The molecule has 0 aromatic rings.